The maximum atomic E-state index is 3.58. The van der Waals surface area contributed by atoms with Gasteiger partial charge in [0.25, 0.3) is 0 Å². The molecule has 0 nitrogen and oxygen atoms in total. The Bertz CT molecular complexity index is 822. The molecule has 1 aromatic carbocycles. The molecule has 0 atom stereocenters. The van der Waals surface area contributed by atoms with Gasteiger partial charge in [-0.15, -0.1) is 22.7 Å². The van der Waals surface area contributed by atoms with Gasteiger partial charge in [-0.1, -0.05) is 35.8 Å². The third kappa shape index (κ3) is 3.91. The summed E-state index contributed by atoms with van der Waals surface area (Å²) in [7, 11) is 0. The molecule has 0 saturated heterocycles. The van der Waals surface area contributed by atoms with Gasteiger partial charge in [0.1, 0.15) is 0 Å². The molecule has 4 heteroatoms. The first-order valence-electron chi connectivity index (χ1n) is 6.32. The molecule has 0 aliphatic carbocycles. The van der Waals surface area contributed by atoms with E-state index < -0.39 is 0 Å². The summed E-state index contributed by atoms with van der Waals surface area (Å²) in [4.78, 5) is 2.12. The molecule has 0 unspecified atom stereocenters. The third-order valence-electron chi connectivity index (χ3n) is 2.74. The fourth-order valence-corrected chi connectivity index (χ4v) is 3.72. The van der Waals surface area contributed by atoms with Crippen LogP contribution in [0.3, 0.4) is 0 Å². The molecule has 2 aromatic heterocycles. The van der Waals surface area contributed by atoms with Crippen LogP contribution in [-0.4, -0.2) is 0 Å². The third-order valence-corrected chi connectivity index (χ3v) is 5.62. The van der Waals surface area contributed by atoms with Crippen molar-refractivity contribution in [1.29, 1.82) is 0 Å². The fraction of sp³-hybridized carbons (Fsp3) is 0. The molecule has 0 fully saturated rings. The van der Waals surface area contributed by atoms with E-state index in [1.165, 1.54) is 0 Å². The number of thiophene rings is 2. The predicted molar refractivity (Wildman–Crippen MR) is 102 cm³/mol. The highest BCUT2D eigenvalue weighted by Gasteiger charge is 2.03. The van der Waals surface area contributed by atoms with E-state index in [-0.39, 0.29) is 0 Å². The molecule has 0 aliphatic rings. The Labute approximate surface area is 154 Å². The van der Waals surface area contributed by atoms with Crippen LogP contribution in [0.5, 0.6) is 0 Å². The molecule has 2 heterocycles. The van der Waals surface area contributed by atoms with E-state index in [2.05, 4.69) is 55.5 Å². The Hall–Kier alpha value is -1.30. The summed E-state index contributed by atoms with van der Waals surface area (Å²) < 4.78 is 1.91. The zero-order chi connectivity index (χ0) is 15.4. The molecular formula is C18H8Br2S2. The smallest absolute Gasteiger partial charge is 0.0772 e. The number of hydrogen-bond acceptors (Lipinski definition) is 2. The summed E-state index contributed by atoms with van der Waals surface area (Å²) in [6.07, 6.45) is 0. The highest BCUT2D eigenvalue weighted by Crippen LogP contribution is 2.25. The Kier molecular flexibility index (Phi) is 5.18. The summed E-state index contributed by atoms with van der Waals surface area (Å²) in [6, 6.07) is 12.0. The van der Waals surface area contributed by atoms with Gasteiger partial charge in [-0.2, -0.15) is 0 Å². The van der Waals surface area contributed by atoms with Gasteiger partial charge in [-0.3, -0.25) is 0 Å². The van der Waals surface area contributed by atoms with Crippen LogP contribution < -0.4 is 0 Å². The lowest BCUT2D eigenvalue weighted by Crippen LogP contribution is -1.84. The van der Waals surface area contributed by atoms with E-state index in [0.29, 0.717) is 0 Å². The monoisotopic (exact) mass is 446 g/mol. The van der Waals surface area contributed by atoms with E-state index in [0.717, 1.165) is 29.8 Å². The van der Waals surface area contributed by atoms with Crippen molar-refractivity contribution in [2.75, 3.05) is 0 Å². The first kappa shape index (κ1) is 15.6. The highest BCUT2D eigenvalue weighted by atomic mass is 79.9. The molecule has 0 aliphatic heterocycles. The van der Waals surface area contributed by atoms with Crippen molar-refractivity contribution in [3.05, 3.63) is 77.0 Å². The lowest BCUT2D eigenvalue weighted by Gasteiger charge is -2.01. The van der Waals surface area contributed by atoms with Crippen molar-refractivity contribution < 1.29 is 0 Å². The summed E-state index contributed by atoms with van der Waals surface area (Å²) in [5, 5.41) is 4.05. The topological polar surface area (TPSA) is 0 Å². The zero-order valence-electron chi connectivity index (χ0n) is 11.2. The molecule has 0 spiro atoms. The number of hydrogen-bond donors (Lipinski definition) is 0. The Balaban J connectivity index is 1.91. The van der Waals surface area contributed by atoms with Crippen LogP contribution in [0.15, 0.2) is 56.1 Å². The first-order valence-corrected chi connectivity index (χ1v) is 9.67. The average Bonchev–Trinajstić information content (AvgIpc) is 3.19. The van der Waals surface area contributed by atoms with Crippen molar-refractivity contribution in [3.63, 3.8) is 0 Å². The van der Waals surface area contributed by atoms with Gasteiger partial charge < -0.3 is 0 Å². The van der Waals surface area contributed by atoms with Gasteiger partial charge in [0.15, 0.2) is 0 Å². The lowest BCUT2D eigenvalue weighted by molar-refractivity contribution is 1.51. The quantitative estimate of drug-likeness (QED) is 0.363. The van der Waals surface area contributed by atoms with Crippen molar-refractivity contribution in [2.24, 2.45) is 0 Å². The number of benzene rings is 1. The molecule has 0 saturated carbocycles. The van der Waals surface area contributed by atoms with Crippen molar-refractivity contribution in [3.8, 4) is 23.7 Å². The van der Waals surface area contributed by atoms with Crippen molar-refractivity contribution in [2.45, 2.75) is 0 Å². The Morgan fingerprint density at radius 2 is 1.14 bits per heavy atom. The number of rotatable bonds is 0. The van der Waals surface area contributed by atoms with Crippen LogP contribution in [0.4, 0.5) is 0 Å². The second kappa shape index (κ2) is 7.31. The van der Waals surface area contributed by atoms with Gasteiger partial charge >= 0.3 is 0 Å². The predicted octanol–water partition coefficient (Wildman–Crippen LogP) is 6.13. The highest BCUT2D eigenvalue weighted by molar-refractivity contribution is 9.11. The standard InChI is InChI=1S/C18H8Br2S2/c19-17-12-14(6-8-16-4-2-10-22-16)18(20)11-13(17)5-7-15-3-1-9-21-15/h1-4,9-12H. The molecule has 106 valence electrons. The molecule has 3 rings (SSSR count). The van der Waals surface area contributed by atoms with Crippen molar-refractivity contribution >= 4 is 54.5 Å². The van der Waals surface area contributed by atoms with Gasteiger partial charge in [-0.05, 0) is 66.9 Å². The molecule has 22 heavy (non-hydrogen) atoms. The van der Waals surface area contributed by atoms with E-state index in [4.69, 9.17) is 0 Å². The van der Waals surface area contributed by atoms with Crippen molar-refractivity contribution in [1.82, 2.24) is 0 Å². The van der Waals surface area contributed by atoms with Gasteiger partial charge in [0, 0.05) is 20.1 Å². The lowest BCUT2D eigenvalue weighted by atomic mass is 10.1. The maximum absolute atomic E-state index is 3.58. The minimum absolute atomic E-state index is 0.946. The molecule has 0 N–H and O–H groups in total. The summed E-state index contributed by atoms with van der Waals surface area (Å²) in [5.41, 5.74) is 1.89. The molecular weight excluding hydrogens is 440 g/mol. The number of halogens is 2. The second-order valence-electron chi connectivity index (χ2n) is 4.27. The zero-order valence-corrected chi connectivity index (χ0v) is 16.0. The summed E-state index contributed by atoms with van der Waals surface area (Å²) >= 11 is 10.4. The van der Waals surface area contributed by atoms with Gasteiger partial charge in [0.05, 0.1) is 9.75 Å². The van der Waals surface area contributed by atoms with Crippen LogP contribution in [0.2, 0.25) is 0 Å². The van der Waals surface area contributed by atoms with E-state index >= 15 is 0 Å². The normalized spacial score (nSPS) is 9.55. The van der Waals surface area contributed by atoms with Gasteiger partial charge in [-0.25, -0.2) is 0 Å². The summed E-state index contributed by atoms with van der Waals surface area (Å²) in [5.74, 6) is 12.7. The van der Waals surface area contributed by atoms with Gasteiger partial charge in [0.2, 0.25) is 0 Å². The van der Waals surface area contributed by atoms with Crippen LogP contribution in [-0.2, 0) is 0 Å². The van der Waals surface area contributed by atoms with E-state index in [9.17, 15) is 0 Å². The Morgan fingerprint density at radius 3 is 1.50 bits per heavy atom. The molecule has 0 amide bonds. The minimum atomic E-state index is 0.946. The average molecular weight is 448 g/mol. The fourth-order valence-electron chi connectivity index (χ4n) is 1.70. The van der Waals surface area contributed by atoms with E-state index in [1.54, 1.807) is 22.7 Å². The molecule has 3 aromatic rings. The van der Waals surface area contributed by atoms with Crippen LogP contribution in [0.1, 0.15) is 20.9 Å². The molecule has 0 radical (unpaired) electrons. The molecule has 0 bridgehead atoms. The van der Waals surface area contributed by atoms with Crippen LogP contribution in [0, 0.1) is 23.7 Å². The largest absolute Gasteiger partial charge is 0.135 e. The SMILES string of the molecule is Brc1cc(C#Cc2cccs2)c(Br)cc1C#Cc1cccs1. The Morgan fingerprint density at radius 1 is 0.682 bits per heavy atom. The summed E-state index contributed by atoms with van der Waals surface area (Å²) in [6.45, 7) is 0. The van der Waals surface area contributed by atoms with E-state index in [1.807, 2.05) is 47.2 Å². The second-order valence-corrected chi connectivity index (χ2v) is 7.87. The van der Waals surface area contributed by atoms with Crippen LogP contribution >= 0.6 is 54.5 Å². The van der Waals surface area contributed by atoms with Crippen LogP contribution in [0.25, 0.3) is 0 Å². The minimum Gasteiger partial charge on any atom is -0.135 e. The first-order chi connectivity index (χ1) is 10.7. The maximum Gasteiger partial charge on any atom is 0.0772 e.